The van der Waals surface area contributed by atoms with Gasteiger partial charge in [0, 0.05) is 24.1 Å². The van der Waals surface area contributed by atoms with Crippen LogP contribution in [0.5, 0.6) is 0 Å². The van der Waals surface area contributed by atoms with E-state index in [0.29, 0.717) is 30.0 Å². The highest BCUT2D eigenvalue weighted by molar-refractivity contribution is 5.87. The van der Waals surface area contributed by atoms with Gasteiger partial charge in [0.1, 0.15) is 5.78 Å². The summed E-state index contributed by atoms with van der Waals surface area (Å²) in [5, 5.41) is 3.33. The molecule has 1 aliphatic heterocycles. The maximum absolute atomic E-state index is 13.0. The second-order valence-electron chi connectivity index (χ2n) is 11.2. The van der Waals surface area contributed by atoms with Crippen molar-refractivity contribution in [2.24, 2.45) is 40.4 Å². The number of carbonyl (C=O) groups is 2. The minimum Gasteiger partial charge on any atom is -0.469 e. The first-order valence-electron chi connectivity index (χ1n) is 12.3. The smallest absolute Gasteiger partial charge is 0.308 e. The van der Waals surface area contributed by atoms with E-state index in [1.54, 1.807) is 0 Å². The van der Waals surface area contributed by atoms with Gasteiger partial charge in [-0.15, -0.1) is 0 Å². The molecule has 172 valence electrons. The fraction of sp³-hybridized carbons (Fsp3) is 0.840. The van der Waals surface area contributed by atoms with Crippen molar-refractivity contribution in [3.8, 4) is 0 Å². The van der Waals surface area contributed by atoms with Gasteiger partial charge in [0.15, 0.2) is 0 Å². The molecule has 4 fully saturated rings. The molecule has 0 amide bonds. The van der Waals surface area contributed by atoms with E-state index in [4.69, 9.17) is 9.57 Å². The van der Waals surface area contributed by atoms with E-state index in [1.165, 1.54) is 7.11 Å². The highest BCUT2D eigenvalue weighted by atomic mass is 16.7. The van der Waals surface area contributed by atoms with Crippen molar-refractivity contribution in [2.75, 3.05) is 20.2 Å². The van der Waals surface area contributed by atoms with Gasteiger partial charge in [-0.05, 0) is 80.6 Å². The first kappa shape index (κ1) is 21.4. The van der Waals surface area contributed by atoms with Crippen molar-refractivity contribution in [1.82, 2.24) is 10.8 Å². The van der Waals surface area contributed by atoms with Crippen molar-refractivity contribution < 1.29 is 19.2 Å². The van der Waals surface area contributed by atoms with E-state index in [1.807, 2.05) is 0 Å². The lowest BCUT2D eigenvalue weighted by molar-refractivity contribution is -0.168. The van der Waals surface area contributed by atoms with Crippen LogP contribution < -0.4 is 10.8 Å². The number of rotatable bonds is 4. The van der Waals surface area contributed by atoms with Crippen LogP contribution in [0, 0.1) is 40.4 Å². The number of Topliss-reactive ketones (excluding diaryl/α,β-unsaturated/α-hetero) is 1. The van der Waals surface area contributed by atoms with Gasteiger partial charge in [-0.3, -0.25) is 19.9 Å². The van der Waals surface area contributed by atoms with Crippen molar-refractivity contribution in [1.29, 1.82) is 0 Å². The molecule has 5 rings (SSSR count). The Bertz CT molecular complexity index is 775. The molecule has 0 radical (unpaired) electrons. The van der Waals surface area contributed by atoms with Gasteiger partial charge in [0.25, 0.3) is 0 Å². The number of ether oxygens (including phenoxy) is 1. The molecule has 3 saturated carbocycles. The van der Waals surface area contributed by atoms with Gasteiger partial charge >= 0.3 is 5.97 Å². The predicted molar refractivity (Wildman–Crippen MR) is 117 cm³/mol. The van der Waals surface area contributed by atoms with Gasteiger partial charge < -0.3 is 10.1 Å². The summed E-state index contributed by atoms with van der Waals surface area (Å²) in [5.41, 5.74) is 4.34. The molecule has 6 heteroatoms. The number of esters is 1. The largest absolute Gasteiger partial charge is 0.469 e. The third-order valence-corrected chi connectivity index (χ3v) is 9.92. The number of hydrogen-bond donors (Lipinski definition) is 2. The number of nitrogens with one attached hydrogen (secondary N) is 2. The number of fused-ring (bicyclic) bond motifs is 5. The van der Waals surface area contributed by atoms with Gasteiger partial charge in [0.2, 0.25) is 0 Å². The van der Waals surface area contributed by atoms with E-state index in [-0.39, 0.29) is 34.7 Å². The summed E-state index contributed by atoms with van der Waals surface area (Å²) in [6.45, 7) is 6.52. The lowest BCUT2D eigenvalue weighted by Gasteiger charge is -2.60. The maximum atomic E-state index is 13.0. The third kappa shape index (κ3) is 3.36. The zero-order valence-corrected chi connectivity index (χ0v) is 19.2. The van der Waals surface area contributed by atoms with Crippen LogP contribution in [0.25, 0.3) is 0 Å². The molecule has 4 aliphatic carbocycles. The summed E-state index contributed by atoms with van der Waals surface area (Å²) in [6.07, 6.45) is 10.2. The summed E-state index contributed by atoms with van der Waals surface area (Å²) in [7, 11) is 1.51. The van der Waals surface area contributed by atoms with E-state index in [2.05, 4.69) is 30.7 Å². The Hall–Kier alpha value is -1.40. The van der Waals surface area contributed by atoms with Crippen LogP contribution in [0.3, 0.4) is 0 Å². The fourth-order valence-electron chi connectivity index (χ4n) is 8.01. The van der Waals surface area contributed by atoms with Crippen LogP contribution in [0.4, 0.5) is 0 Å². The minimum absolute atomic E-state index is 0.0811. The first-order chi connectivity index (χ1) is 14.9. The number of ketones is 1. The lowest BCUT2D eigenvalue weighted by atomic mass is 9.43. The summed E-state index contributed by atoms with van der Waals surface area (Å²) in [4.78, 5) is 31.7. The fourth-order valence-corrected chi connectivity index (χ4v) is 8.01. The second-order valence-corrected chi connectivity index (χ2v) is 11.2. The Labute approximate surface area is 185 Å². The summed E-state index contributed by atoms with van der Waals surface area (Å²) in [6, 6.07) is 0. The molecule has 1 heterocycles. The Morgan fingerprint density at radius 2 is 2.00 bits per heavy atom. The van der Waals surface area contributed by atoms with Crippen LogP contribution in [-0.4, -0.2) is 38.1 Å². The molecule has 1 saturated heterocycles. The molecule has 5 aliphatic rings. The predicted octanol–water partition coefficient (Wildman–Crippen LogP) is 3.37. The van der Waals surface area contributed by atoms with Crippen LogP contribution in [0.2, 0.25) is 0 Å². The molecule has 6 nitrogen and oxygen atoms in total. The normalized spacial score (nSPS) is 46.5. The Balaban J connectivity index is 1.41. The number of carbonyl (C=O) groups excluding carboxylic acids is 2. The summed E-state index contributed by atoms with van der Waals surface area (Å²) < 4.78 is 5.31. The van der Waals surface area contributed by atoms with Crippen LogP contribution in [-0.2, 0) is 19.2 Å². The summed E-state index contributed by atoms with van der Waals surface area (Å²) in [5.74, 6) is 1.62. The van der Waals surface area contributed by atoms with E-state index in [9.17, 15) is 9.59 Å². The number of methoxy groups -OCH3 is 1. The Kier molecular flexibility index (Phi) is 5.45. The van der Waals surface area contributed by atoms with Crippen molar-refractivity contribution in [3.63, 3.8) is 0 Å². The molecule has 0 aromatic rings. The molecule has 1 unspecified atom stereocenters. The van der Waals surface area contributed by atoms with Gasteiger partial charge in [-0.1, -0.05) is 19.9 Å². The van der Waals surface area contributed by atoms with E-state index < -0.39 is 0 Å². The van der Waals surface area contributed by atoms with Crippen LogP contribution >= 0.6 is 0 Å². The third-order valence-electron chi connectivity index (χ3n) is 9.92. The molecular formula is C25H38N2O4. The maximum Gasteiger partial charge on any atom is 0.308 e. The lowest BCUT2D eigenvalue weighted by Crippen LogP contribution is -2.57. The zero-order valence-electron chi connectivity index (χ0n) is 19.2. The van der Waals surface area contributed by atoms with E-state index >= 15 is 0 Å². The highest BCUT2D eigenvalue weighted by Crippen LogP contribution is 2.66. The number of hydroxylamine groups is 1. The molecule has 8 atom stereocenters. The van der Waals surface area contributed by atoms with Gasteiger partial charge in [0.05, 0.1) is 19.1 Å². The average Bonchev–Trinajstić information content (AvgIpc) is 3.39. The Morgan fingerprint density at radius 1 is 1.16 bits per heavy atom. The molecule has 0 spiro atoms. The second kappa shape index (κ2) is 7.87. The SMILES string of the molecule is COC(=O)[C@@H]1CC2C=C(NO[C@@H]3CCNC3)CC[C@]2(C)[C@H]2CC[C@]3(C)C(=O)CC[C@H]3[C@H]12. The molecular weight excluding hydrogens is 392 g/mol. The number of hydrogen-bond acceptors (Lipinski definition) is 6. The molecule has 31 heavy (non-hydrogen) atoms. The zero-order chi connectivity index (χ0) is 21.8. The first-order valence-corrected chi connectivity index (χ1v) is 12.3. The topological polar surface area (TPSA) is 76.7 Å². The van der Waals surface area contributed by atoms with E-state index in [0.717, 1.165) is 63.7 Å². The highest BCUT2D eigenvalue weighted by Gasteiger charge is 2.63. The molecule has 2 N–H and O–H groups in total. The van der Waals surface area contributed by atoms with Crippen molar-refractivity contribution in [3.05, 3.63) is 11.8 Å². The minimum atomic E-state index is -0.239. The molecule has 0 aromatic heterocycles. The van der Waals surface area contributed by atoms with Gasteiger partial charge in [-0.25, -0.2) is 0 Å². The summed E-state index contributed by atoms with van der Waals surface area (Å²) >= 11 is 0. The quantitative estimate of drug-likeness (QED) is 0.526. The standard InChI is InChI=1S/C25H38N2O4/c1-24-9-6-16(27-31-17-8-11-26-14-17)12-15(24)13-18(23(29)30-3)22-19-4-5-21(28)25(19,2)10-7-20(22)24/h12,15,17-20,22,26-27H,4-11,13-14H2,1-3H3/t15?,17-,18-,19+,20+,22+,24+,25+/m1/s1. The molecule has 0 aromatic carbocycles. The molecule has 0 bridgehead atoms. The average molecular weight is 431 g/mol. The monoisotopic (exact) mass is 430 g/mol. The van der Waals surface area contributed by atoms with Gasteiger partial charge in [-0.2, -0.15) is 0 Å². The van der Waals surface area contributed by atoms with Crippen molar-refractivity contribution >= 4 is 11.8 Å². The van der Waals surface area contributed by atoms with Crippen LogP contribution in [0.1, 0.15) is 65.2 Å². The van der Waals surface area contributed by atoms with Crippen LogP contribution in [0.15, 0.2) is 11.8 Å². The number of allylic oxidation sites excluding steroid dienone is 2. The Morgan fingerprint density at radius 3 is 2.74 bits per heavy atom. The van der Waals surface area contributed by atoms with Crippen molar-refractivity contribution in [2.45, 2.75) is 71.3 Å².